The van der Waals surface area contributed by atoms with Crippen molar-refractivity contribution in [2.75, 3.05) is 5.75 Å². The Labute approximate surface area is 130 Å². The van der Waals surface area contributed by atoms with E-state index in [0.29, 0.717) is 5.75 Å². The number of nitrogens with one attached hydrogen (secondary N) is 1. The van der Waals surface area contributed by atoms with Crippen LogP contribution in [0, 0.1) is 0 Å². The fourth-order valence-corrected chi connectivity index (χ4v) is 2.65. The lowest BCUT2D eigenvalue weighted by Crippen LogP contribution is -2.21. The average molecular weight is 313 g/mol. The smallest absolute Gasteiger partial charge is 0.250 e. The van der Waals surface area contributed by atoms with Gasteiger partial charge in [0.2, 0.25) is 5.91 Å². The zero-order chi connectivity index (χ0) is 14.8. The first-order chi connectivity index (χ1) is 9.63. The van der Waals surface area contributed by atoms with Crippen molar-refractivity contribution < 1.29 is 4.79 Å². The van der Waals surface area contributed by atoms with Crippen LogP contribution in [0.4, 0.5) is 0 Å². The molecule has 1 N–H and O–H groups in total. The van der Waals surface area contributed by atoms with Gasteiger partial charge in [-0.25, -0.2) is 5.43 Å². The summed E-state index contributed by atoms with van der Waals surface area (Å²) in [6.07, 6.45) is 3.17. The van der Waals surface area contributed by atoms with Crippen molar-refractivity contribution in [1.29, 1.82) is 0 Å². The third kappa shape index (κ3) is 6.96. The molecule has 20 heavy (non-hydrogen) atoms. The maximum absolute atomic E-state index is 11.6. The first kappa shape index (κ1) is 17.1. The molecule has 1 rings (SSSR count). The summed E-state index contributed by atoms with van der Waals surface area (Å²) < 4.78 is 0. The van der Waals surface area contributed by atoms with Crippen LogP contribution in [0.15, 0.2) is 29.4 Å². The van der Waals surface area contributed by atoms with E-state index in [-0.39, 0.29) is 5.91 Å². The van der Waals surface area contributed by atoms with Crippen molar-refractivity contribution >= 4 is 35.0 Å². The summed E-state index contributed by atoms with van der Waals surface area (Å²) in [5.74, 6) is 1.04. The minimum Gasteiger partial charge on any atom is -0.272 e. The highest BCUT2D eigenvalue weighted by molar-refractivity contribution is 7.99. The fraction of sp³-hybridized carbons (Fsp3) is 0.467. The minimum absolute atomic E-state index is 0.0714. The molecule has 0 aliphatic rings. The number of halogens is 1. The molecule has 0 spiro atoms. The van der Waals surface area contributed by atoms with E-state index in [1.54, 1.807) is 0 Å². The molecule has 1 aromatic carbocycles. The molecule has 0 saturated carbocycles. The maximum Gasteiger partial charge on any atom is 0.250 e. The minimum atomic E-state index is -0.0714. The Morgan fingerprint density at radius 3 is 2.85 bits per heavy atom. The topological polar surface area (TPSA) is 41.5 Å². The summed E-state index contributed by atoms with van der Waals surface area (Å²) in [6, 6.07) is 7.68. The van der Waals surface area contributed by atoms with Gasteiger partial charge in [0.25, 0.3) is 0 Å². The Hall–Kier alpha value is -1.00. The van der Waals surface area contributed by atoms with Gasteiger partial charge in [-0.1, -0.05) is 43.1 Å². The van der Waals surface area contributed by atoms with E-state index in [1.807, 2.05) is 31.2 Å². The predicted octanol–water partition coefficient (Wildman–Crippen LogP) is 4.26. The van der Waals surface area contributed by atoms with E-state index >= 15 is 0 Å². The number of nitrogens with zero attached hydrogens (tertiary/aromatic N) is 1. The molecule has 0 heterocycles. The average Bonchev–Trinajstić information content (AvgIpc) is 2.45. The number of amides is 1. The van der Waals surface area contributed by atoms with Crippen molar-refractivity contribution in [3.8, 4) is 0 Å². The van der Waals surface area contributed by atoms with Crippen molar-refractivity contribution in [1.82, 2.24) is 5.43 Å². The summed E-state index contributed by atoms with van der Waals surface area (Å²) >= 11 is 7.59. The lowest BCUT2D eigenvalue weighted by molar-refractivity contribution is -0.118. The highest BCUT2D eigenvalue weighted by atomic mass is 35.5. The first-order valence-electron chi connectivity index (χ1n) is 6.76. The van der Waals surface area contributed by atoms with Crippen molar-refractivity contribution in [3.63, 3.8) is 0 Å². The molecule has 3 nitrogen and oxygen atoms in total. The summed E-state index contributed by atoms with van der Waals surface area (Å²) in [5, 5.41) is 4.83. The Morgan fingerprint density at radius 2 is 2.15 bits per heavy atom. The number of benzene rings is 1. The van der Waals surface area contributed by atoms with E-state index in [9.17, 15) is 4.79 Å². The van der Waals surface area contributed by atoms with Crippen LogP contribution in [0.2, 0.25) is 5.02 Å². The molecule has 0 radical (unpaired) electrons. The fourth-order valence-electron chi connectivity index (χ4n) is 1.55. The van der Waals surface area contributed by atoms with Crippen LogP contribution >= 0.6 is 23.4 Å². The van der Waals surface area contributed by atoms with Gasteiger partial charge in [0.1, 0.15) is 0 Å². The number of hydrogen-bond acceptors (Lipinski definition) is 3. The monoisotopic (exact) mass is 312 g/mol. The maximum atomic E-state index is 11.6. The van der Waals surface area contributed by atoms with Crippen LogP contribution < -0.4 is 5.43 Å². The third-order valence-corrected chi connectivity index (χ3v) is 4.06. The molecular weight excluding hydrogens is 292 g/mol. The number of hydrazone groups is 1. The number of hydrogen-bond donors (Lipinski definition) is 1. The van der Waals surface area contributed by atoms with Gasteiger partial charge in [-0.05, 0) is 31.4 Å². The highest BCUT2D eigenvalue weighted by Gasteiger charge is 2.03. The summed E-state index contributed by atoms with van der Waals surface area (Å²) in [6.45, 7) is 4.07. The summed E-state index contributed by atoms with van der Waals surface area (Å²) in [7, 11) is 0. The first-order valence-corrected chi connectivity index (χ1v) is 8.30. The number of rotatable bonds is 8. The van der Waals surface area contributed by atoms with E-state index in [1.165, 1.54) is 11.8 Å². The van der Waals surface area contributed by atoms with Gasteiger partial charge < -0.3 is 0 Å². The second kappa shape index (κ2) is 9.83. The van der Waals surface area contributed by atoms with E-state index in [2.05, 4.69) is 17.5 Å². The quantitative estimate of drug-likeness (QED) is 0.576. The van der Waals surface area contributed by atoms with E-state index in [4.69, 9.17) is 11.6 Å². The molecule has 110 valence electrons. The van der Waals surface area contributed by atoms with Gasteiger partial charge in [-0.15, -0.1) is 11.8 Å². The largest absolute Gasteiger partial charge is 0.272 e. The van der Waals surface area contributed by atoms with Gasteiger partial charge in [0.15, 0.2) is 0 Å². The molecule has 0 saturated heterocycles. The Balaban J connectivity index is 2.25. The number of carbonyl (C=O) groups is 1. The van der Waals surface area contributed by atoms with E-state index < -0.39 is 0 Å². The van der Waals surface area contributed by atoms with Gasteiger partial charge in [0.05, 0.1) is 5.75 Å². The van der Waals surface area contributed by atoms with Gasteiger partial charge in [0, 0.05) is 16.5 Å². The Bertz CT molecular complexity index is 463. The lowest BCUT2D eigenvalue weighted by atomic mass is 10.2. The summed E-state index contributed by atoms with van der Waals surface area (Å²) in [5.41, 5.74) is 4.61. The van der Waals surface area contributed by atoms with Crippen LogP contribution in [-0.4, -0.2) is 17.4 Å². The predicted molar refractivity (Wildman–Crippen MR) is 88.4 cm³/mol. The SMILES string of the molecule is CCCC/C(C)=N/NC(=O)CSCc1ccccc1Cl. The van der Waals surface area contributed by atoms with Crippen LogP contribution in [0.25, 0.3) is 0 Å². The lowest BCUT2D eigenvalue weighted by Gasteiger charge is -2.04. The molecule has 1 aromatic rings. The van der Waals surface area contributed by atoms with Crippen molar-refractivity contribution in [2.24, 2.45) is 5.10 Å². The molecule has 1 amide bonds. The number of unbranched alkanes of at least 4 members (excludes halogenated alkanes) is 1. The highest BCUT2D eigenvalue weighted by Crippen LogP contribution is 2.20. The second-order valence-electron chi connectivity index (χ2n) is 4.57. The van der Waals surface area contributed by atoms with E-state index in [0.717, 1.165) is 41.3 Å². The van der Waals surface area contributed by atoms with Crippen molar-refractivity contribution in [2.45, 2.75) is 38.9 Å². The molecule has 0 bridgehead atoms. The summed E-state index contributed by atoms with van der Waals surface area (Å²) in [4.78, 5) is 11.6. The molecular formula is C15H21ClN2OS. The normalized spacial score (nSPS) is 11.4. The zero-order valence-corrected chi connectivity index (χ0v) is 13.6. The van der Waals surface area contributed by atoms with Gasteiger partial charge >= 0.3 is 0 Å². The third-order valence-electron chi connectivity index (χ3n) is 2.71. The van der Waals surface area contributed by atoms with Crippen LogP contribution in [0.3, 0.4) is 0 Å². The van der Waals surface area contributed by atoms with Crippen molar-refractivity contribution in [3.05, 3.63) is 34.9 Å². The Kier molecular flexibility index (Phi) is 8.38. The molecule has 0 fully saturated rings. The number of thioether (sulfide) groups is 1. The second-order valence-corrected chi connectivity index (χ2v) is 5.96. The van der Waals surface area contributed by atoms with Crippen LogP contribution in [0.1, 0.15) is 38.7 Å². The van der Waals surface area contributed by atoms with Gasteiger partial charge in [-0.3, -0.25) is 4.79 Å². The molecule has 5 heteroatoms. The zero-order valence-electron chi connectivity index (χ0n) is 12.0. The van der Waals surface area contributed by atoms with Crippen LogP contribution in [0.5, 0.6) is 0 Å². The molecule has 0 aliphatic heterocycles. The number of carbonyl (C=O) groups excluding carboxylic acids is 1. The molecule has 0 aliphatic carbocycles. The molecule has 0 atom stereocenters. The molecule has 0 aromatic heterocycles. The van der Waals surface area contributed by atoms with Crippen LogP contribution in [-0.2, 0) is 10.5 Å². The standard InChI is InChI=1S/C15H21ClN2OS/c1-3-4-7-12(2)17-18-15(19)11-20-10-13-8-5-6-9-14(13)16/h5-6,8-9H,3-4,7,10-11H2,1-2H3,(H,18,19)/b17-12+. The van der Waals surface area contributed by atoms with Gasteiger partial charge in [-0.2, -0.15) is 5.10 Å². The Morgan fingerprint density at radius 1 is 1.40 bits per heavy atom. The molecule has 0 unspecified atom stereocenters.